The van der Waals surface area contributed by atoms with E-state index in [0.717, 1.165) is 6.26 Å². The van der Waals surface area contributed by atoms with Crippen LogP contribution in [0.15, 0.2) is 22.0 Å². The number of benzene rings is 1. The maximum Gasteiger partial charge on any atom is 0.235 e. The van der Waals surface area contributed by atoms with Gasteiger partial charge >= 0.3 is 0 Å². The molecule has 0 aromatic heterocycles. The summed E-state index contributed by atoms with van der Waals surface area (Å²) in [6.45, 7) is 0.677. The van der Waals surface area contributed by atoms with Crippen molar-refractivity contribution < 1.29 is 22.7 Å². The van der Waals surface area contributed by atoms with Crippen LogP contribution >= 0.6 is 0 Å². The van der Waals surface area contributed by atoms with Crippen molar-refractivity contribution in [1.29, 1.82) is 0 Å². The zero-order valence-electron chi connectivity index (χ0n) is 10.9. The summed E-state index contributed by atoms with van der Waals surface area (Å²) in [7, 11) is -3.53. The second-order valence-corrected chi connectivity index (χ2v) is 6.93. The SMILES string of the molecule is CS(=O)(=O)c1c(C2(N=C=O)CC2)ccc2c1OCCO2. The lowest BCUT2D eigenvalue weighted by atomic mass is 10.0. The van der Waals surface area contributed by atoms with E-state index < -0.39 is 15.4 Å². The first-order chi connectivity index (χ1) is 9.48. The summed E-state index contributed by atoms with van der Waals surface area (Å²) >= 11 is 0. The highest BCUT2D eigenvalue weighted by Gasteiger charge is 2.48. The molecule has 0 atom stereocenters. The third-order valence-corrected chi connectivity index (χ3v) is 4.67. The van der Waals surface area contributed by atoms with Crippen molar-refractivity contribution in [2.45, 2.75) is 23.3 Å². The Morgan fingerprint density at radius 1 is 1.25 bits per heavy atom. The molecule has 3 rings (SSSR count). The maximum absolute atomic E-state index is 12.1. The highest BCUT2D eigenvalue weighted by Crippen LogP contribution is 2.54. The van der Waals surface area contributed by atoms with Gasteiger partial charge in [0, 0.05) is 11.8 Å². The first-order valence-corrected chi connectivity index (χ1v) is 8.09. The quantitative estimate of drug-likeness (QED) is 0.618. The summed E-state index contributed by atoms with van der Waals surface area (Å²) in [6, 6.07) is 3.32. The Kier molecular flexibility index (Phi) is 2.84. The number of carbonyl (C=O) groups excluding carboxylic acids is 1. The fraction of sp³-hybridized carbons (Fsp3) is 0.462. The predicted octanol–water partition coefficient (Wildman–Crippen LogP) is 1.19. The lowest BCUT2D eigenvalue weighted by Gasteiger charge is -2.23. The van der Waals surface area contributed by atoms with Crippen LogP contribution in [0.1, 0.15) is 18.4 Å². The summed E-state index contributed by atoms with van der Waals surface area (Å²) in [6.07, 6.45) is 3.91. The Bertz CT molecular complexity index is 715. The summed E-state index contributed by atoms with van der Waals surface area (Å²) in [5.41, 5.74) is -0.275. The normalized spacial score (nSPS) is 19.1. The van der Waals surface area contributed by atoms with Gasteiger partial charge in [-0.2, -0.15) is 4.99 Å². The van der Waals surface area contributed by atoms with E-state index in [-0.39, 0.29) is 10.6 Å². The Hall–Kier alpha value is -1.85. The number of aliphatic imine (C=N–C) groups is 1. The van der Waals surface area contributed by atoms with Crippen molar-refractivity contribution in [3.05, 3.63) is 17.7 Å². The van der Waals surface area contributed by atoms with E-state index in [0.29, 0.717) is 37.4 Å². The molecule has 0 radical (unpaired) electrons. The van der Waals surface area contributed by atoms with E-state index in [4.69, 9.17) is 9.47 Å². The molecule has 6 nitrogen and oxygen atoms in total. The topological polar surface area (TPSA) is 82.0 Å². The summed E-state index contributed by atoms with van der Waals surface area (Å²) in [5.74, 6) is 0.634. The minimum atomic E-state index is -3.53. The molecule has 7 heteroatoms. The van der Waals surface area contributed by atoms with Gasteiger partial charge < -0.3 is 9.47 Å². The van der Waals surface area contributed by atoms with E-state index in [1.807, 2.05) is 0 Å². The molecule has 0 N–H and O–H groups in total. The zero-order chi connectivity index (χ0) is 14.4. The number of sulfone groups is 1. The molecule has 1 heterocycles. The molecule has 106 valence electrons. The van der Waals surface area contributed by atoms with Gasteiger partial charge in [-0.25, -0.2) is 13.2 Å². The molecule has 0 saturated heterocycles. The molecule has 1 aromatic carbocycles. The monoisotopic (exact) mass is 295 g/mol. The molecule has 2 aliphatic rings. The maximum atomic E-state index is 12.1. The summed E-state index contributed by atoms with van der Waals surface area (Å²) in [5, 5.41) is 0. The Morgan fingerprint density at radius 3 is 2.55 bits per heavy atom. The fourth-order valence-corrected chi connectivity index (χ4v) is 3.63. The number of nitrogens with zero attached hydrogens (tertiary/aromatic N) is 1. The minimum absolute atomic E-state index is 0.0752. The molecular formula is C13H13NO5S. The Balaban J connectivity index is 2.28. The van der Waals surface area contributed by atoms with E-state index in [9.17, 15) is 13.2 Å². The Labute approximate surface area is 116 Å². The molecule has 0 bridgehead atoms. The molecule has 1 aliphatic carbocycles. The number of hydrogen-bond acceptors (Lipinski definition) is 6. The van der Waals surface area contributed by atoms with Gasteiger partial charge in [0.1, 0.15) is 18.1 Å². The molecule has 1 saturated carbocycles. The van der Waals surface area contributed by atoms with Gasteiger partial charge in [0.05, 0.1) is 5.54 Å². The summed E-state index contributed by atoms with van der Waals surface area (Å²) < 4.78 is 35.1. The van der Waals surface area contributed by atoms with Crippen LogP contribution in [-0.2, 0) is 20.2 Å². The number of isocyanates is 1. The van der Waals surface area contributed by atoms with Crippen LogP contribution in [0.5, 0.6) is 11.5 Å². The van der Waals surface area contributed by atoms with Gasteiger partial charge in [0.25, 0.3) is 0 Å². The van der Waals surface area contributed by atoms with Crippen LogP contribution < -0.4 is 9.47 Å². The van der Waals surface area contributed by atoms with Gasteiger partial charge in [0.2, 0.25) is 6.08 Å². The van der Waals surface area contributed by atoms with E-state index in [2.05, 4.69) is 4.99 Å². The third kappa shape index (κ3) is 1.99. The molecule has 0 unspecified atom stereocenters. The largest absolute Gasteiger partial charge is 0.486 e. The van der Waals surface area contributed by atoms with E-state index in [1.165, 1.54) is 6.08 Å². The van der Waals surface area contributed by atoms with Crippen LogP contribution in [-0.4, -0.2) is 34.0 Å². The zero-order valence-corrected chi connectivity index (χ0v) is 11.7. The molecule has 1 aliphatic heterocycles. The highest BCUT2D eigenvalue weighted by atomic mass is 32.2. The van der Waals surface area contributed by atoms with Crippen molar-refractivity contribution in [1.82, 2.24) is 0 Å². The van der Waals surface area contributed by atoms with Crippen LogP contribution in [0.3, 0.4) is 0 Å². The van der Waals surface area contributed by atoms with Crippen LogP contribution in [0, 0.1) is 0 Å². The average Bonchev–Trinajstić information content (AvgIpc) is 3.17. The molecule has 1 fully saturated rings. The molecule has 0 amide bonds. The molecule has 1 aromatic rings. The standard InChI is InChI=1S/C13H13NO5S/c1-20(16,17)12-9(13(4-5-13)14-8-15)2-3-10-11(12)19-7-6-18-10/h2-3H,4-7H2,1H3. The minimum Gasteiger partial charge on any atom is -0.486 e. The van der Waals surface area contributed by atoms with Crippen LogP contribution in [0.2, 0.25) is 0 Å². The summed E-state index contributed by atoms with van der Waals surface area (Å²) in [4.78, 5) is 14.5. The van der Waals surface area contributed by atoms with Gasteiger partial charge in [-0.15, -0.1) is 0 Å². The molecule has 0 spiro atoms. The van der Waals surface area contributed by atoms with Crippen molar-refractivity contribution >= 4 is 15.9 Å². The van der Waals surface area contributed by atoms with Gasteiger partial charge in [-0.05, 0) is 18.9 Å². The van der Waals surface area contributed by atoms with Crippen LogP contribution in [0.4, 0.5) is 0 Å². The van der Waals surface area contributed by atoms with Crippen LogP contribution in [0.25, 0.3) is 0 Å². The third-order valence-electron chi connectivity index (χ3n) is 3.52. The lowest BCUT2D eigenvalue weighted by molar-refractivity contribution is 0.166. The highest BCUT2D eigenvalue weighted by molar-refractivity contribution is 7.90. The number of fused-ring (bicyclic) bond motifs is 1. The predicted molar refractivity (Wildman–Crippen MR) is 69.6 cm³/mol. The molecule has 20 heavy (non-hydrogen) atoms. The van der Waals surface area contributed by atoms with E-state index >= 15 is 0 Å². The average molecular weight is 295 g/mol. The van der Waals surface area contributed by atoms with Gasteiger partial charge in [0.15, 0.2) is 21.3 Å². The number of rotatable bonds is 3. The van der Waals surface area contributed by atoms with Gasteiger partial charge in [-0.3, -0.25) is 0 Å². The first-order valence-electron chi connectivity index (χ1n) is 6.20. The van der Waals surface area contributed by atoms with Crippen molar-refractivity contribution in [3.8, 4) is 11.5 Å². The van der Waals surface area contributed by atoms with Crippen molar-refractivity contribution in [2.75, 3.05) is 19.5 Å². The lowest BCUT2D eigenvalue weighted by Crippen LogP contribution is -2.20. The Morgan fingerprint density at radius 2 is 1.95 bits per heavy atom. The number of hydrogen-bond donors (Lipinski definition) is 0. The van der Waals surface area contributed by atoms with Crippen molar-refractivity contribution in [2.24, 2.45) is 4.99 Å². The molecular weight excluding hydrogens is 282 g/mol. The van der Waals surface area contributed by atoms with E-state index in [1.54, 1.807) is 12.1 Å². The number of ether oxygens (including phenoxy) is 2. The van der Waals surface area contributed by atoms with Gasteiger partial charge in [-0.1, -0.05) is 6.07 Å². The smallest absolute Gasteiger partial charge is 0.235 e. The second kappa shape index (κ2) is 4.33. The fourth-order valence-electron chi connectivity index (χ4n) is 2.47. The first kappa shape index (κ1) is 13.1. The van der Waals surface area contributed by atoms with Crippen molar-refractivity contribution in [3.63, 3.8) is 0 Å². The second-order valence-electron chi connectivity index (χ2n) is 4.97.